The van der Waals surface area contributed by atoms with E-state index in [0.29, 0.717) is 16.7 Å². The molecule has 0 saturated heterocycles. The van der Waals surface area contributed by atoms with Gasteiger partial charge in [0.2, 0.25) is 35.4 Å². The highest BCUT2D eigenvalue weighted by atomic mass is 16.4. The molecule has 0 aliphatic carbocycles. The van der Waals surface area contributed by atoms with Crippen molar-refractivity contribution in [2.45, 2.75) is 107 Å². The van der Waals surface area contributed by atoms with Gasteiger partial charge in [-0.25, -0.2) is 4.79 Å². The number of carboxylic acids is 1. The smallest absolute Gasteiger partial charge is 0.326 e. The Morgan fingerprint density at radius 2 is 0.690 bits per heavy atom. The molecule has 7 rings (SSSR count). The van der Waals surface area contributed by atoms with Crippen LogP contribution >= 0.6 is 0 Å². The molecule has 0 spiro atoms. The van der Waals surface area contributed by atoms with Crippen molar-refractivity contribution in [2.75, 3.05) is 19.6 Å². The van der Waals surface area contributed by atoms with Crippen LogP contribution < -0.4 is 72.0 Å². The van der Waals surface area contributed by atoms with E-state index < -0.39 is 83.7 Å². The van der Waals surface area contributed by atoms with Crippen molar-refractivity contribution in [1.82, 2.24) is 46.9 Å². The second-order valence-electron chi connectivity index (χ2n) is 21.0. The molecule has 0 aliphatic heterocycles. The summed E-state index contributed by atoms with van der Waals surface area (Å²) in [7, 11) is 0. The Morgan fingerprint density at radius 3 is 1.05 bits per heavy atom. The molecule has 87 heavy (non-hydrogen) atoms. The van der Waals surface area contributed by atoms with Gasteiger partial charge < -0.3 is 92.1 Å². The molecule has 0 fully saturated rings. The van der Waals surface area contributed by atoms with Crippen molar-refractivity contribution in [3.05, 3.63) is 144 Å². The van der Waals surface area contributed by atoms with E-state index in [1.807, 2.05) is 91.0 Å². The highest BCUT2D eigenvalue weighted by Gasteiger charge is 2.35. The standard InChI is InChI=1S/C60H77N19O8/c61-41(27-34-13-2-1-3-14-34)51(80)77-48(28-35-31-71-42-18-7-4-15-38(35)42)54(83)74-45(21-10-24-68-58(62)63)52(81)78-49(29-36-32-72-43-19-8-5-16-39(36)43)55(84)75-46(22-11-25-69-59(64)65)53(82)79-50(30-37-33-73-44-20-9-6-17-40(37)44)56(85)76-47(57(86)87)23-12-26-70-60(66)67/h1-9,13-20,31-33,41,45-50,71-73H,10-12,21-30,61H2,(H,74,83)(H,75,84)(H,76,85)(H,77,80)(H,78,81)(H,79,82)(H,86,87)(H4,62,63,68)(H4,64,65,69)(H4,66,67,70)/t41-,45-,46-,47-,48-,49-,50-/m0/s1. The van der Waals surface area contributed by atoms with Crippen LogP contribution in [0.15, 0.2) is 137 Å². The van der Waals surface area contributed by atoms with Gasteiger partial charge >= 0.3 is 5.97 Å². The fourth-order valence-corrected chi connectivity index (χ4v) is 10.1. The van der Waals surface area contributed by atoms with Crippen LogP contribution in [0.2, 0.25) is 0 Å². The van der Waals surface area contributed by atoms with E-state index in [1.165, 1.54) is 0 Å². The Morgan fingerprint density at radius 1 is 0.391 bits per heavy atom. The second-order valence-corrected chi connectivity index (χ2v) is 21.0. The quantitative estimate of drug-likeness (QED) is 0.0145. The highest BCUT2D eigenvalue weighted by Crippen LogP contribution is 2.23. The molecule has 3 aromatic heterocycles. The number of nitrogens with one attached hydrogen (secondary N) is 9. The molecular formula is C60H77N19O8. The fourth-order valence-electron chi connectivity index (χ4n) is 10.1. The maximum atomic E-state index is 15.1. The molecule has 0 bridgehead atoms. The number of amides is 6. The first-order chi connectivity index (χ1) is 41.8. The van der Waals surface area contributed by atoms with Gasteiger partial charge in [-0.15, -0.1) is 0 Å². The lowest BCUT2D eigenvalue weighted by molar-refractivity contribution is -0.142. The van der Waals surface area contributed by atoms with Crippen LogP contribution in [0.5, 0.6) is 0 Å². The number of guanidine groups is 3. The van der Waals surface area contributed by atoms with Gasteiger partial charge in [-0.1, -0.05) is 84.9 Å². The number of carboxylic acid groups (broad SMARTS) is 1. The van der Waals surface area contributed by atoms with Crippen LogP contribution in [-0.4, -0.2) is 141 Å². The summed E-state index contributed by atoms with van der Waals surface area (Å²) in [5.41, 5.74) is 44.9. The fraction of sp³-hybridized carbons (Fsp3) is 0.333. The first kappa shape index (κ1) is 64.1. The number of aromatic amines is 3. The van der Waals surface area contributed by atoms with Crippen LogP contribution in [0, 0.1) is 0 Å². The molecule has 7 atom stereocenters. The predicted octanol–water partition coefficient (Wildman–Crippen LogP) is -0.117. The zero-order valence-corrected chi connectivity index (χ0v) is 48.0. The normalized spacial score (nSPS) is 13.6. The van der Waals surface area contributed by atoms with Gasteiger partial charge in [-0.2, -0.15) is 0 Å². The van der Waals surface area contributed by atoms with E-state index >= 15 is 9.59 Å². The third-order valence-electron chi connectivity index (χ3n) is 14.5. The predicted molar refractivity (Wildman–Crippen MR) is 333 cm³/mol. The molecule has 7 aromatic rings. The number of H-pyrrole nitrogens is 3. The van der Waals surface area contributed by atoms with Crippen LogP contribution in [0.1, 0.15) is 60.8 Å². The molecule has 27 nitrogen and oxygen atoms in total. The summed E-state index contributed by atoms with van der Waals surface area (Å²) in [5, 5.41) is 29.1. The lowest BCUT2D eigenvalue weighted by Gasteiger charge is -2.28. The average molecular weight is 1190 g/mol. The summed E-state index contributed by atoms with van der Waals surface area (Å²) in [6.45, 7) is 0.170. The lowest BCUT2D eigenvalue weighted by Crippen LogP contribution is -2.60. The van der Waals surface area contributed by atoms with Crippen LogP contribution in [0.25, 0.3) is 32.7 Å². The Balaban J connectivity index is 1.19. The number of para-hydroxylation sites is 3. The minimum Gasteiger partial charge on any atom is -0.480 e. The first-order valence-corrected chi connectivity index (χ1v) is 28.5. The molecular weight excluding hydrogens is 1110 g/mol. The van der Waals surface area contributed by atoms with Crippen molar-refractivity contribution in [2.24, 2.45) is 55.1 Å². The van der Waals surface area contributed by atoms with Gasteiger partial charge in [0.05, 0.1) is 6.04 Å². The van der Waals surface area contributed by atoms with Gasteiger partial charge in [-0.3, -0.25) is 43.7 Å². The minimum atomic E-state index is -1.46. The number of carbonyl (C=O) groups excluding carboxylic acids is 6. The molecule has 6 amide bonds. The Bertz CT molecular complexity index is 3580. The number of aliphatic carboxylic acids is 1. The zero-order valence-electron chi connectivity index (χ0n) is 48.0. The number of benzene rings is 4. The highest BCUT2D eigenvalue weighted by molar-refractivity contribution is 5.98. The Labute approximate surface area is 501 Å². The minimum absolute atomic E-state index is 0.0225. The Kier molecular flexibility index (Phi) is 23.2. The van der Waals surface area contributed by atoms with Gasteiger partial charge in [0.1, 0.15) is 36.3 Å². The van der Waals surface area contributed by atoms with E-state index in [0.717, 1.165) is 38.3 Å². The maximum absolute atomic E-state index is 15.1. The van der Waals surface area contributed by atoms with Crippen molar-refractivity contribution in [3.63, 3.8) is 0 Å². The Hall–Kier alpha value is -10.4. The number of hydrogen-bond acceptors (Lipinski definition) is 11. The number of aliphatic imine (C=N–C) groups is 3. The lowest BCUT2D eigenvalue weighted by atomic mass is 10.0. The summed E-state index contributed by atoms with van der Waals surface area (Å²) in [6, 6.07) is 21.7. The SMILES string of the molecule is NC(N)=NCCC[C@H](NC(=O)[C@H](Cc1c[nH]c2ccccc12)NC(=O)[C@H](CCCN=C(N)N)NC(=O)[C@H](Cc1c[nH]c2ccccc12)NC(=O)[C@H](CCCN=C(N)N)NC(=O)[C@H](Cc1c[nH]c2ccccc12)NC(=O)[C@@H](N)Cc1ccccc1)C(=O)O. The summed E-state index contributed by atoms with van der Waals surface area (Å²) in [6.07, 6.45) is 5.21. The number of fused-ring (bicyclic) bond motifs is 3. The topological polar surface area (TPSA) is 478 Å². The average Bonchev–Trinajstić information content (AvgIpc) is 3.42. The number of aromatic nitrogens is 3. The van der Waals surface area contributed by atoms with E-state index in [1.54, 1.807) is 30.7 Å². The molecule has 3 heterocycles. The monoisotopic (exact) mass is 1190 g/mol. The molecule has 460 valence electrons. The number of carbonyl (C=O) groups is 7. The van der Waals surface area contributed by atoms with Crippen LogP contribution in [0.3, 0.4) is 0 Å². The molecule has 0 aliphatic rings. The van der Waals surface area contributed by atoms with Gasteiger partial charge in [0, 0.05) is 90.2 Å². The van der Waals surface area contributed by atoms with E-state index in [2.05, 4.69) is 61.8 Å². The summed E-state index contributed by atoms with van der Waals surface area (Å²) in [5.74, 6) is -6.67. The second kappa shape index (κ2) is 31.5. The number of rotatable bonds is 33. The third kappa shape index (κ3) is 19.0. The molecule has 0 saturated carbocycles. The van der Waals surface area contributed by atoms with Crippen molar-refractivity contribution < 1.29 is 38.7 Å². The molecule has 4 aromatic carbocycles. The van der Waals surface area contributed by atoms with Gasteiger partial charge in [-0.05, 0) is 85.4 Å². The number of hydrogen-bond donors (Lipinski definition) is 17. The molecule has 27 heteroatoms. The number of nitrogens with two attached hydrogens (primary N) is 7. The summed E-state index contributed by atoms with van der Waals surface area (Å²) >= 11 is 0. The summed E-state index contributed by atoms with van der Waals surface area (Å²) < 4.78 is 0. The van der Waals surface area contributed by atoms with Gasteiger partial charge in [0.15, 0.2) is 17.9 Å². The van der Waals surface area contributed by atoms with E-state index in [9.17, 15) is 29.1 Å². The largest absolute Gasteiger partial charge is 0.480 e. The third-order valence-corrected chi connectivity index (χ3v) is 14.5. The molecule has 24 N–H and O–H groups in total. The van der Waals surface area contributed by atoms with Crippen molar-refractivity contribution in [3.8, 4) is 0 Å². The maximum Gasteiger partial charge on any atom is 0.326 e. The van der Waals surface area contributed by atoms with Crippen LogP contribution in [0.4, 0.5) is 0 Å². The van der Waals surface area contributed by atoms with E-state index in [4.69, 9.17) is 40.1 Å². The van der Waals surface area contributed by atoms with Crippen molar-refractivity contribution in [1.29, 1.82) is 0 Å². The zero-order chi connectivity index (χ0) is 62.4. The summed E-state index contributed by atoms with van der Waals surface area (Å²) in [4.78, 5) is 122. The van der Waals surface area contributed by atoms with Gasteiger partial charge in [0.25, 0.3) is 0 Å². The van der Waals surface area contributed by atoms with Crippen LogP contribution in [-0.2, 0) is 59.2 Å². The first-order valence-electron chi connectivity index (χ1n) is 28.5. The number of nitrogens with zero attached hydrogens (tertiary/aromatic N) is 3. The van der Waals surface area contributed by atoms with E-state index in [-0.39, 0.29) is 102 Å². The molecule has 0 radical (unpaired) electrons. The van der Waals surface area contributed by atoms with Crippen molar-refractivity contribution >= 4 is 92.0 Å². The molecule has 0 unspecified atom stereocenters.